The zero-order valence-electron chi connectivity index (χ0n) is 16.6. The Hall–Kier alpha value is -2.26. The van der Waals surface area contributed by atoms with Crippen molar-refractivity contribution in [2.75, 3.05) is 44.7 Å². The van der Waals surface area contributed by atoms with E-state index in [2.05, 4.69) is 24.4 Å². The molecule has 1 fully saturated rings. The average Bonchev–Trinajstić information content (AvgIpc) is 2.75. The molecule has 2 aromatic carbocycles. The van der Waals surface area contributed by atoms with Crippen LogP contribution in [0.2, 0.25) is 0 Å². The van der Waals surface area contributed by atoms with Gasteiger partial charge in [0, 0.05) is 24.3 Å². The van der Waals surface area contributed by atoms with Gasteiger partial charge in [0.15, 0.2) is 6.54 Å². The summed E-state index contributed by atoms with van der Waals surface area (Å²) >= 11 is 0. The monoisotopic (exact) mass is 418 g/mol. The number of hydrogen-bond acceptors (Lipinski definition) is 4. The molecule has 0 spiro atoms. The molecule has 0 aliphatic carbocycles. The molecular formula is C21H28N3O4S+. The maximum Gasteiger partial charge on any atom is 0.279 e. The van der Waals surface area contributed by atoms with E-state index in [1.807, 2.05) is 18.2 Å². The number of sulfonamides is 1. The number of benzene rings is 2. The first-order chi connectivity index (χ1) is 14.0. The molecule has 1 amide bonds. The molecule has 0 bridgehead atoms. The number of nitrogens with zero attached hydrogens (tertiary/aromatic N) is 1. The van der Waals surface area contributed by atoms with E-state index in [1.54, 1.807) is 12.1 Å². The van der Waals surface area contributed by atoms with Gasteiger partial charge in [-0.3, -0.25) is 4.79 Å². The Morgan fingerprint density at radius 1 is 1.07 bits per heavy atom. The Kier molecular flexibility index (Phi) is 7.38. The van der Waals surface area contributed by atoms with Crippen molar-refractivity contribution in [2.45, 2.75) is 18.4 Å². The highest BCUT2D eigenvalue weighted by atomic mass is 32.2. The number of quaternary nitrogens is 1. The Balaban J connectivity index is 1.58. The summed E-state index contributed by atoms with van der Waals surface area (Å²) in [6, 6.07) is 16.4. The molecular weight excluding hydrogens is 390 g/mol. The topological polar surface area (TPSA) is 80.2 Å². The van der Waals surface area contributed by atoms with Crippen LogP contribution >= 0.6 is 0 Å². The van der Waals surface area contributed by atoms with Crippen molar-refractivity contribution in [3.05, 3.63) is 60.2 Å². The van der Waals surface area contributed by atoms with Crippen molar-refractivity contribution >= 4 is 21.6 Å². The van der Waals surface area contributed by atoms with Gasteiger partial charge in [-0.15, -0.1) is 0 Å². The molecule has 156 valence electrons. The Bertz CT molecular complexity index is 895. The van der Waals surface area contributed by atoms with Gasteiger partial charge in [0.05, 0.1) is 24.7 Å². The van der Waals surface area contributed by atoms with Crippen molar-refractivity contribution in [1.29, 1.82) is 0 Å². The number of nitrogens with one attached hydrogen (secondary N) is 2. The summed E-state index contributed by atoms with van der Waals surface area (Å²) in [7, 11) is -3.53. The van der Waals surface area contributed by atoms with Crippen LogP contribution < -0.4 is 10.2 Å². The first-order valence-corrected chi connectivity index (χ1v) is 11.3. The van der Waals surface area contributed by atoms with Gasteiger partial charge in [0.1, 0.15) is 6.54 Å². The molecule has 8 heteroatoms. The predicted octanol–water partition coefficient (Wildman–Crippen LogP) is 0.751. The fraction of sp³-hybridized carbons (Fsp3) is 0.381. The van der Waals surface area contributed by atoms with Gasteiger partial charge < -0.3 is 15.0 Å². The minimum Gasteiger partial charge on any atom is -0.379 e. The summed E-state index contributed by atoms with van der Waals surface area (Å²) in [6.07, 6.45) is 0. The van der Waals surface area contributed by atoms with E-state index in [4.69, 9.17) is 4.74 Å². The quantitative estimate of drug-likeness (QED) is 0.663. The maximum atomic E-state index is 12.7. The minimum atomic E-state index is -3.53. The van der Waals surface area contributed by atoms with Crippen LogP contribution in [0.25, 0.3) is 0 Å². The largest absolute Gasteiger partial charge is 0.379 e. The summed E-state index contributed by atoms with van der Waals surface area (Å²) < 4.78 is 32.0. The molecule has 7 nitrogen and oxygen atoms in total. The van der Waals surface area contributed by atoms with Crippen LogP contribution in [0.15, 0.2) is 59.5 Å². The smallest absolute Gasteiger partial charge is 0.279 e. The van der Waals surface area contributed by atoms with Gasteiger partial charge in [-0.25, -0.2) is 8.42 Å². The van der Waals surface area contributed by atoms with Gasteiger partial charge in [-0.05, 0) is 31.2 Å². The van der Waals surface area contributed by atoms with E-state index in [9.17, 15) is 13.2 Å². The lowest BCUT2D eigenvalue weighted by atomic mass is 10.2. The number of morpholine rings is 1. The third kappa shape index (κ3) is 5.86. The van der Waals surface area contributed by atoms with E-state index in [-0.39, 0.29) is 10.8 Å². The zero-order chi connectivity index (χ0) is 20.7. The molecule has 0 radical (unpaired) electrons. The number of carbonyl (C=O) groups is 1. The molecule has 1 saturated heterocycles. The summed E-state index contributed by atoms with van der Waals surface area (Å²) in [5.74, 6) is -0.0958. The summed E-state index contributed by atoms with van der Waals surface area (Å²) in [5, 5.41) is 2.86. The molecule has 1 aliphatic rings. The molecule has 1 heterocycles. The van der Waals surface area contributed by atoms with Gasteiger partial charge in [-0.1, -0.05) is 30.3 Å². The number of carbonyl (C=O) groups excluding carboxylic acids is 1. The standard InChI is InChI=1S/C21H27N3O4S/c1-2-23(16-18-6-4-3-5-7-18)17-21(25)22-19-8-10-20(11-9-19)29(26,27)24-12-14-28-15-13-24/h3-11H,2,12-17H2,1H3,(H,22,25)/p+1. The van der Waals surface area contributed by atoms with Gasteiger partial charge in [-0.2, -0.15) is 4.31 Å². The molecule has 29 heavy (non-hydrogen) atoms. The van der Waals surface area contributed by atoms with Crippen molar-refractivity contribution in [1.82, 2.24) is 4.31 Å². The fourth-order valence-electron chi connectivity index (χ4n) is 3.28. The second-order valence-electron chi connectivity index (χ2n) is 7.03. The van der Waals surface area contributed by atoms with Crippen LogP contribution in [0.1, 0.15) is 12.5 Å². The van der Waals surface area contributed by atoms with Gasteiger partial charge in [0.2, 0.25) is 10.0 Å². The van der Waals surface area contributed by atoms with E-state index in [0.717, 1.165) is 18.0 Å². The second kappa shape index (κ2) is 9.98. The van der Waals surface area contributed by atoms with Gasteiger partial charge >= 0.3 is 0 Å². The highest BCUT2D eigenvalue weighted by molar-refractivity contribution is 7.89. The Morgan fingerprint density at radius 2 is 1.72 bits per heavy atom. The Labute approximate surface area is 172 Å². The molecule has 1 atom stereocenters. The minimum absolute atomic E-state index is 0.0958. The summed E-state index contributed by atoms with van der Waals surface area (Å²) in [5.41, 5.74) is 1.78. The molecule has 1 unspecified atom stereocenters. The van der Waals surface area contributed by atoms with Crippen molar-refractivity contribution < 1.29 is 22.8 Å². The molecule has 2 aromatic rings. The molecule has 1 aliphatic heterocycles. The number of anilines is 1. The normalized spacial score (nSPS) is 16.3. The first kappa shape index (κ1) is 21.4. The third-order valence-corrected chi connectivity index (χ3v) is 6.87. The van der Waals surface area contributed by atoms with E-state index >= 15 is 0 Å². The number of hydrogen-bond donors (Lipinski definition) is 2. The van der Waals surface area contributed by atoms with Crippen LogP contribution in [0.3, 0.4) is 0 Å². The second-order valence-corrected chi connectivity index (χ2v) is 8.97. The zero-order valence-corrected chi connectivity index (χ0v) is 17.5. The Morgan fingerprint density at radius 3 is 2.34 bits per heavy atom. The van der Waals surface area contributed by atoms with Crippen molar-refractivity contribution in [2.24, 2.45) is 0 Å². The van der Waals surface area contributed by atoms with Crippen LogP contribution in [0.4, 0.5) is 5.69 Å². The van der Waals surface area contributed by atoms with Crippen LogP contribution in [0, 0.1) is 0 Å². The number of amides is 1. The van der Waals surface area contributed by atoms with Crippen LogP contribution in [-0.4, -0.2) is 58.0 Å². The number of rotatable bonds is 8. The van der Waals surface area contributed by atoms with E-state index in [1.165, 1.54) is 22.0 Å². The summed E-state index contributed by atoms with van der Waals surface area (Å²) in [6.45, 7) is 5.55. The van der Waals surface area contributed by atoms with Crippen LogP contribution in [-0.2, 0) is 26.1 Å². The summed E-state index contributed by atoms with van der Waals surface area (Å²) in [4.78, 5) is 13.8. The van der Waals surface area contributed by atoms with Crippen molar-refractivity contribution in [3.8, 4) is 0 Å². The molecule has 3 rings (SSSR count). The first-order valence-electron chi connectivity index (χ1n) is 9.84. The van der Waals surface area contributed by atoms with E-state index < -0.39 is 10.0 Å². The van der Waals surface area contributed by atoms with Crippen LogP contribution in [0.5, 0.6) is 0 Å². The molecule has 0 aromatic heterocycles. The highest BCUT2D eigenvalue weighted by Gasteiger charge is 2.26. The fourth-order valence-corrected chi connectivity index (χ4v) is 4.68. The lowest BCUT2D eigenvalue weighted by molar-refractivity contribution is -0.903. The van der Waals surface area contributed by atoms with Crippen molar-refractivity contribution in [3.63, 3.8) is 0 Å². The van der Waals surface area contributed by atoms with E-state index in [0.29, 0.717) is 38.5 Å². The number of ether oxygens (including phenoxy) is 1. The molecule has 0 saturated carbocycles. The predicted molar refractivity (Wildman–Crippen MR) is 111 cm³/mol. The number of likely N-dealkylation sites (N-methyl/N-ethyl adjacent to an activating group) is 1. The van der Waals surface area contributed by atoms with Gasteiger partial charge in [0.25, 0.3) is 5.91 Å². The lowest BCUT2D eigenvalue weighted by Gasteiger charge is -2.26. The average molecular weight is 419 g/mol. The third-order valence-electron chi connectivity index (χ3n) is 4.95. The maximum absolute atomic E-state index is 12.7. The highest BCUT2D eigenvalue weighted by Crippen LogP contribution is 2.19. The SMILES string of the molecule is CC[NH+](CC(=O)Nc1ccc(S(=O)(=O)N2CCOCC2)cc1)Cc1ccccc1. The lowest BCUT2D eigenvalue weighted by Crippen LogP contribution is -3.11. The molecule has 2 N–H and O–H groups in total.